The van der Waals surface area contributed by atoms with E-state index in [4.69, 9.17) is 9.47 Å². The van der Waals surface area contributed by atoms with Gasteiger partial charge in [0.25, 0.3) is 0 Å². The van der Waals surface area contributed by atoms with Crippen molar-refractivity contribution in [3.8, 4) is 5.75 Å². The van der Waals surface area contributed by atoms with Gasteiger partial charge in [0, 0.05) is 56.3 Å². The first-order chi connectivity index (χ1) is 20.3. The summed E-state index contributed by atoms with van der Waals surface area (Å²) >= 11 is 0. The molecule has 1 unspecified atom stereocenters. The van der Waals surface area contributed by atoms with Crippen LogP contribution in [0.3, 0.4) is 0 Å². The van der Waals surface area contributed by atoms with E-state index >= 15 is 0 Å². The number of likely N-dealkylation sites (tertiary alicyclic amines) is 1. The number of anilines is 1. The number of nitrogens with zero attached hydrogens (tertiary/aromatic N) is 6. The van der Waals surface area contributed by atoms with Gasteiger partial charge in [-0.1, -0.05) is 33.3 Å². The number of hydrogen-bond donors (Lipinski definition) is 0. The van der Waals surface area contributed by atoms with Crippen LogP contribution in [0.1, 0.15) is 57.0 Å². The third kappa shape index (κ3) is 6.97. The highest BCUT2D eigenvalue weighted by molar-refractivity contribution is 5.68. The average Bonchev–Trinajstić information content (AvgIpc) is 3.41. The molecule has 5 rings (SSSR count). The highest BCUT2D eigenvalue weighted by Gasteiger charge is 2.36. The summed E-state index contributed by atoms with van der Waals surface area (Å²) in [5.41, 5.74) is 0.234. The van der Waals surface area contributed by atoms with Crippen LogP contribution in [-0.4, -0.2) is 83.0 Å². The number of fused-ring (bicyclic) bond motifs is 1. The first kappa shape index (κ1) is 30.8. The fourth-order valence-electron chi connectivity index (χ4n) is 5.57. The number of amides is 1. The highest BCUT2D eigenvalue weighted by Crippen LogP contribution is 2.33. The maximum Gasteiger partial charge on any atom is 0.433 e. The molecule has 0 spiro atoms. The summed E-state index contributed by atoms with van der Waals surface area (Å²) in [7, 11) is 1.43. The molecule has 43 heavy (non-hydrogen) atoms. The van der Waals surface area contributed by atoms with Crippen molar-refractivity contribution in [1.29, 1.82) is 0 Å². The first-order valence-corrected chi connectivity index (χ1v) is 14.5. The van der Waals surface area contributed by atoms with Gasteiger partial charge in [-0.25, -0.2) is 14.2 Å². The van der Waals surface area contributed by atoms with E-state index in [0.717, 1.165) is 37.4 Å². The van der Waals surface area contributed by atoms with Crippen molar-refractivity contribution in [2.75, 3.05) is 51.3 Å². The summed E-state index contributed by atoms with van der Waals surface area (Å²) in [6.45, 7) is 8.59. The third-order valence-corrected chi connectivity index (χ3v) is 8.08. The zero-order valence-electron chi connectivity index (χ0n) is 25.0. The predicted octanol–water partition coefficient (Wildman–Crippen LogP) is 5.51. The van der Waals surface area contributed by atoms with Crippen molar-refractivity contribution in [3.05, 3.63) is 53.1 Å². The molecule has 0 radical (unpaired) electrons. The number of aromatic nitrogens is 3. The molecular formula is C30H38F4N6O3. The second-order valence-corrected chi connectivity index (χ2v) is 12.2. The lowest BCUT2D eigenvalue weighted by Crippen LogP contribution is -2.50. The summed E-state index contributed by atoms with van der Waals surface area (Å²) in [6, 6.07) is 7.53. The number of carbonyl (C=O) groups excluding carboxylic acids is 1. The second kappa shape index (κ2) is 12.2. The summed E-state index contributed by atoms with van der Waals surface area (Å²) < 4.78 is 67.5. The Morgan fingerprint density at radius 1 is 1.00 bits per heavy atom. The number of hydrogen-bond acceptors (Lipinski definition) is 7. The number of piperazine rings is 1. The quantitative estimate of drug-likeness (QED) is 0.343. The topological polar surface area (TPSA) is 75.4 Å². The number of methoxy groups -OCH3 is 1. The Morgan fingerprint density at radius 3 is 2.40 bits per heavy atom. The molecule has 9 nitrogen and oxygen atoms in total. The Hall–Kier alpha value is -3.61. The maximum atomic E-state index is 14.2. The largest absolute Gasteiger partial charge is 0.494 e. The molecule has 4 heterocycles. The number of rotatable bonds is 6. The number of alkyl halides is 3. The van der Waals surface area contributed by atoms with Crippen LogP contribution >= 0.6 is 0 Å². The molecule has 0 aliphatic carbocycles. The van der Waals surface area contributed by atoms with Gasteiger partial charge < -0.3 is 19.3 Å². The lowest BCUT2D eigenvalue weighted by Gasteiger charge is -2.37. The second-order valence-electron chi connectivity index (χ2n) is 12.2. The van der Waals surface area contributed by atoms with Gasteiger partial charge >= 0.3 is 12.3 Å². The summed E-state index contributed by atoms with van der Waals surface area (Å²) in [4.78, 5) is 22.4. The van der Waals surface area contributed by atoms with Crippen molar-refractivity contribution in [1.82, 2.24) is 24.4 Å². The Kier molecular flexibility index (Phi) is 8.73. The van der Waals surface area contributed by atoms with E-state index in [-0.39, 0.29) is 48.4 Å². The van der Waals surface area contributed by atoms with Gasteiger partial charge in [0.2, 0.25) is 0 Å². The summed E-state index contributed by atoms with van der Waals surface area (Å²) in [5, 5.41) is 4.58. The maximum absolute atomic E-state index is 14.2. The summed E-state index contributed by atoms with van der Waals surface area (Å²) in [6.07, 6.45) is -2.18. The van der Waals surface area contributed by atoms with E-state index in [1.807, 2.05) is 26.8 Å². The molecule has 3 aromatic rings. The van der Waals surface area contributed by atoms with Gasteiger partial charge in [-0.3, -0.25) is 4.90 Å². The molecule has 234 valence electrons. The van der Waals surface area contributed by atoms with Crippen molar-refractivity contribution in [2.45, 2.75) is 64.2 Å². The number of ether oxygens (including phenoxy) is 2. The van der Waals surface area contributed by atoms with Crippen LogP contribution in [-0.2, 0) is 22.9 Å². The Balaban J connectivity index is 1.22. The number of halogens is 4. The van der Waals surface area contributed by atoms with E-state index in [9.17, 15) is 22.4 Å². The molecule has 2 saturated heterocycles. The molecular weight excluding hydrogens is 568 g/mol. The molecule has 2 aliphatic heterocycles. The zero-order valence-corrected chi connectivity index (χ0v) is 25.0. The molecule has 1 aromatic carbocycles. The smallest absolute Gasteiger partial charge is 0.433 e. The van der Waals surface area contributed by atoms with Gasteiger partial charge in [0.15, 0.2) is 22.9 Å². The predicted molar refractivity (Wildman–Crippen MR) is 153 cm³/mol. The van der Waals surface area contributed by atoms with E-state index in [1.165, 1.54) is 17.7 Å². The zero-order chi connectivity index (χ0) is 30.9. The minimum absolute atomic E-state index is 0.00636. The molecule has 2 aromatic heterocycles. The number of carbonyl (C=O) groups is 1. The van der Waals surface area contributed by atoms with Crippen molar-refractivity contribution in [3.63, 3.8) is 0 Å². The van der Waals surface area contributed by atoms with Gasteiger partial charge in [0.1, 0.15) is 12.4 Å². The Labute approximate surface area is 248 Å². The lowest BCUT2D eigenvalue weighted by atomic mass is 9.93. The van der Waals surface area contributed by atoms with E-state index in [0.29, 0.717) is 25.3 Å². The minimum Gasteiger partial charge on any atom is -0.494 e. The van der Waals surface area contributed by atoms with E-state index in [2.05, 4.69) is 15.0 Å². The minimum atomic E-state index is -4.61. The van der Waals surface area contributed by atoms with Crippen LogP contribution in [0.25, 0.3) is 5.65 Å². The molecule has 0 saturated carbocycles. The lowest BCUT2D eigenvalue weighted by molar-refractivity contribution is -0.141. The fourth-order valence-corrected chi connectivity index (χ4v) is 5.57. The van der Waals surface area contributed by atoms with Crippen LogP contribution in [0, 0.1) is 5.82 Å². The van der Waals surface area contributed by atoms with Gasteiger partial charge in [-0.2, -0.15) is 22.8 Å². The van der Waals surface area contributed by atoms with Crippen molar-refractivity contribution < 1.29 is 31.8 Å². The Bertz CT molecular complexity index is 1450. The fraction of sp³-hybridized carbons (Fsp3) is 0.567. The number of benzene rings is 1. The van der Waals surface area contributed by atoms with Crippen LogP contribution in [0.2, 0.25) is 0 Å². The normalized spacial score (nSPS) is 18.7. The van der Waals surface area contributed by atoms with E-state index in [1.54, 1.807) is 21.9 Å². The SMILES string of the molecule is COc1ccc(CN2CCCCC2COC(=O)N2CCN(c3cc(C(F)(F)F)nc4cc(C(C)(C)C)nn34)CC2)cc1F. The molecule has 0 bridgehead atoms. The molecule has 1 atom stereocenters. The summed E-state index contributed by atoms with van der Waals surface area (Å²) in [5.74, 6) is 0.0681. The Morgan fingerprint density at radius 2 is 1.74 bits per heavy atom. The molecule has 1 amide bonds. The van der Waals surface area contributed by atoms with Gasteiger partial charge in [-0.05, 0) is 37.1 Å². The van der Waals surface area contributed by atoms with Gasteiger partial charge in [0.05, 0.1) is 12.8 Å². The molecule has 13 heteroatoms. The molecule has 2 aliphatic rings. The van der Waals surface area contributed by atoms with Crippen LogP contribution in [0.4, 0.5) is 28.2 Å². The highest BCUT2D eigenvalue weighted by atomic mass is 19.4. The van der Waals surface area contributed by atoms with Crippen LogP contribution in [0.5, 0.6) is 5.75 Å². The van der Waals surface area contributed by atoms with Crippen molar-refractivity contribution >= 4 is 17.6 Å². The standard InChI is InChI=1S/C30H38F4N6O3/c1-29(2,3)24-16-26-35-25(30(32,33)34)17-27(40(26)36-24)37-11-13-38(14-12-37)28(41)43-19-21-7-5-6-10-39(21)18-20-8-9-23(42-4)22(31)15-20/h8-9,15-17,21H,5-7,10-14,18-19H2,1-4H3. The molecule has 2 fully saturated rings. The first-order valence-electron chi connectivity index (χ1n) is 14.5. The van der Waals surface area contributed by atoms with Crippen LogP contribution in [0.15, 0.2) is 30.3 Å². The van der Waals surface area contributed by atoms with E-state index < -0.39 is 23.8 Å². The van der Waals surface area contributed by atoms with Crippen molar-refractivity contribution in [2.24, 2.45) is 0 Å². The number of piperidine rings is 1. The third-order valence-electron chi connectivity index (χ3n) is 8.08. The monoisotopic (exact) mass is 606 g/mol. The van der Waals surface area contributed by atoms with Gasteiger partial charge in [-0.15, -0.1) is 0 Å². The average molecular weight is 607 g/mol. The van der Waals surface area contributed by atoms with Crippen LogP contribution < -0.4 is 9.64 Å². The molecule has 0 N–H and O–H groups in total.